The van der Waals surface area contributed by atoms with Crippen LogP contribution in [0, 0.1) is 12.8 Å². The second-order valence-electron chi connectivity index (χ2n) is 7.35. The van der Waals surface area contributed by atoms with Crippen LogP contribution < -0.4 is 4.74 Å². The van der Waals surface area contributed by atoms with Gasteiger partial charge in [-0.3, -0.25) is 9.59 Å². The van der Waals surface area contributed by atoms with Crippen LogP contribution in [0.3, 0.4) is 0 Å². The third-order valence-corrected chi connectivity index (χ3v) is 5.61. The summed E-state index contributed by atoms with van der Waals surface area (Å²) in [6.45, 7) is 5.69. The summed E-state index contributed by atoms with van der Waals surface area (Å²) >= 11 is 1.50. The number of carbonyl (C=O) groups is 2. The highest BCUT2D eigenvalue weighted by Gasteiger charge is 2.27. The molecule has 0 aliphatic heterocycles. The SMILES string of the molecule is CCOC(=O)CCN(CC1CC1)C(=O)Cc1csc(COc2ccc(C)cc2)n1. The van der Waals surface area contributed by atoms with Gasteiger partial charge in [0, 0.05) is 18.5 Å². The van der Waals surface area contributed by atoms with E-state index in [0.717, 1.165) is 29.3 Å². The van der Waals surface area contributed by atoms with Gasteiger partial charge in [0.1, 0.15) is 17.4 Å². The molecule has 156 valence electrons. The second-order valence-corrected chi connectivity index (χ2v) is 8.29. The van der Waals surface area contributed by atoms with Gasteiger partial charge in [0.25, 0.3) is 0 Å². The van der Waals surface area contributed by atoms with Crippen LogP contribution in [0.25, 0.3) is 0 Å². The zero-order valence-electron chi connectivity index (χ0n) is 17.1. The standard InChI is InChI=1S/C22H28N2O4S/c1-3-27-22(26)10-11-24(13-17-6-7-17)21(25)12-18-15-29-20(23-18)14-28-19-8-4-16(2)5-9-19/h4-5,8-9,15,17H,3,6-7,10-14H2,1-2H3. The smallest absolute Gasteiger partial charge is 0.307 e. The summed E-state index contributed by atoms with van der Waals surface area (Å²) in [4.78, 5) is 30.8. The minimum atomic E-state index is -0.259. The van der Waals surface area contributed by atoms with Crippen molar-refractivity contribution in [1.29, 1.82) is 0 Å². The molecule has 1 heterocycles. The second kappa shape index (κ2) is 10.4. The Labute approximate surface area is 175 Å². The first kappa shape index (κ1) is 21.3. The Bertz CT molecular complexity index is 814. The van der Waals surface area contributed by atoms with Gasteiger partial charge in [0.15, 0.2) is 0 Å². The molecule has 0 bridgehead atoms. The molecular weight excluding hydrogens is 388 g/mol. The summed E-state index contributed by atoms with van der Waals surface area (Å²) < 4.78 is 10.7. The van der Waals surface area contributed by atoms with Crippen molar-refractivity contribution in [2.24, 2.45) is 5.92 Å². The molecule has 1 aliphatic carbocycles. The summed E-state index contributed by atoms with van der Waals surface area (Å²) in [7, 11) is 0. The van der Waals surface area contributed by atoms with Crippen molar-refractivity contribution < 1.29 is 19.1 Å². The Morgan fingerprint density at radius 3 is 2.69 bits per heavy atom. The topological polar surface area (TPSA) is 68.7 Å². The number of amides is 1. The van der Waals surface area contributed by atoms with Crippen LogP contribution in [0.1, 0.15) is 42.5 Å². The van der Waals surface area contributed by atoms with Crippen LogP contribution >= 0.6 is 11.3 Å². The number of aryl methyl sites for hydroxylation is 1. The minimum Gasteiger partial charge on any atom is -0.486 e. The van der Waals surface area contributed by atoms with E-state index in [1.807, 2.05) is 36.6 Å². The predicted molar refractivity (Wildman–Crippen MR) is 112 cm³/mol. The monoisotopic (exact) mass is 416 g/mol. The molecule has 0 saturated heterocycles. The van der Waals surface area contributed by atoms with Crippen molar-refractivity contribution >= 4 is 23.2 Å². The molecule has 1 aromatic carbocycles. The maximum absolute atomic E-state index is 12.8. The average Bonchev–Trinajstić information content (AvgIpc) is 3.42. The number of aromatic nitrogens is 1. The average molecular weight is 417 g/mol. The number of thiazole rings is 1. The van der Waals surface area contributed by atoms with E-state index < -0.39 is 0 Å². The van der Waals surface area contributed by atoms with Gasteiger partial charge in [0.2, 0.25) is 5.91 Å². The van der Waals surface area contributed by atoms with Crippen LogP contribution in [-0.2, 0) is 27.4 Å². The lowest BCUT2D eigenvalue weighted by Gasteiger charge is -2.22. The number of hydrogen-bond donors (Lipinski definition) is 0. The number of carbonyl (C=O) groups excluding carboxylic acids is 2. The van der Waals surface area contributed by atoms with Crippen LogP contribution in [0.4, 0.5) is 0 Å². The summed E-state index contributed by atoms with van der Waals surface area (Å²) in [5.41, 5.74) is 1.94. The van der Waals surface area contributed by atoms with Gasteiger partial charge in [-0.1, -0.05) is 17.7 Å². The normalized spacial score (nSPS) is 13.2. The van der Waals surface area contributed by atoms with Gasteiger partial charge < -0.3 is 14.4 Å². The highest BCUT2D eigenvalue weighted by atomic mass is 32.1. The molecule has 3 rings (SSSR count). The van der Waals surface area contributed by atoms with E-state index in [0.29, 0.717) is 32.2 Å². The van der Waals surface area contributed by atoms with Crippen LogP contribution in [0.2, 0.25) is 0 Å². The Hall–Kier alpha value is -2.41. The van der Waals surface area contributed by atoms with Crippen molar-refractivity contribution in [3.05, 3.63) is 45.9 Å². The lowest BCUT2D eigenvalue weighted by atomic mass is 10.2. The van der Waals surface area contributed by atoms with Crippen molar-refractivity contribution in [2.75, 3.05) is 19.7 Å². The van der Waals surface area contributed by atoms with E-state index in [4.69, 9.17) is 9.47 Å². The Morgan fingerprint density at radius 1 is 1.24 bits per heavy atom. The van der Waals surface area contributed by atoms with Gasteiger partial charge >= 0.3 is 5.97 Å². The van der Waals surface area contributed by atoms with Crippen molar-refractivity contribution in [2.45, 2.75) is 46.1 Å². The number of hydrogen-bond acceptors (Lipinski definition) is 6. The number of ether oxygens (including phenoxy) is 2. The molecule has 7 heteroatoms. The Morgan fingerprint density at radius 2 is 2.00 bits per heavy atom. The molecule has 0 radical (unpaired) electrons. The highest BCUT2D eigenvalue weighted by Crippen LogP contribution is 2.30. The van der Waals surface area contributed by atoms with Gasteiger partial charge in [-0.05, 0) is 44.7 Å². The molecule has 0 unspecified atom stereocenters. The fourth-order valence-electron chi connectivity index (χ4n) is 2.93. The number of nitrogens with zero attached hydrogens (tertiary/aromatic N) is 2. The largest absolute Gasteiger partial charge is 0.486 e. The molecule has 1 fully saturated rings. The minimum absolute atomic E-state index is 0.0116. The number of rotatable bonds is 11. The van der Waals surface area contributed by atoms with E-state index in [1.165, 1.54) is 16.9 Å². The highest BCUT2D eigenvalue weighted by molar-refractivity contribution is 7.09. The third-order valence-electron chi connectivity index (χ3n) is 4.73. The molecule has 0 N–H and O–H groups in total. The first-order valence-corrected chi connectivity index (χ1v) is 11.0. The van der Waals surface area contributed by atoms with E-state index in [9.17, 15) is 9.59 Å². The molecule has 2 aromatic rings. The van der Waals surface area contributed by atoms with E-state index in [-0.39, 0.29) is 24.7 Å². The fourth-order valence-corrected chi connectivity index (χ4v) is 3.64. The summed E-state index contributed by atoms with van der Waals surface area (Å²) in [6.07, 6.45) is 2.79. The van der Waals surface area contributed by atoms with Crippen molar-refractivity contribution in [3.63, 3.8) is 0 Å². The zero-order chi connectivity index (χ0) is 20.6. The molecule has 1 saturated carbocycles. The lowest BCUT2D eigenvalue weighted by Crippen LogP contribution is -2.36. The third kappa shape index (κ3) is 7.16. The fraction of sp³-hybridized carbons (Fsp3) is 0.500. The van der Waals surface area contributed by atoms with Gasteiger partial charge in [-0.2, -0.15) is 0 Å². The first-order valence-electron chi connectivity index (χ1n) is 10.1. The van der Waals surface area contributed by atoms with Gasteiger partial charge in [-0.15, -0.1) is 11.3 Å². The van der Waals surface area contributed by atoms with Crippen LogP contribution in [0.5, 0.6) is 5.75 Å². The molecule has 1 amide bonds. The molecule has 6 nitrogen and oxygen atoms in total. The molecule has 1 aromatic heterocycles. The molecule has 29 heavy (non-hydrogen) atoms. The van der Waals surface area contributed by atoms with E-state index in [2.05, 4.69) is 4.98 Å². The molecule has 1 aliphatic rings. The van der Waals surface area contributed by atoms with E-state index >= 15 is 0 Å². The Balaban J connectivity index is 1.50. The maximum atomic E-state index is 12.8. The predicted octanol–water partition coefficient (Wildman–Crippen LogP) is 3.76. The van der Waals surface area contributed by atoms with Gasteiger partial charge in [0.05, 0.1) is 25.1 Å². The molecule has 0 spiro atoms. The van der Waals surface area contributed by atoms with Crippen molar-refractivity contribution in [1.82, 2.24) is 9.88 Å². The number of benzene rings is 1. The lowest BCUT2D eigenvalue weighted by molar-refractivity contribution is -0.144. The van der Waals surface area contributed by atoms with Crippen molar-refractivity contribution in [3.8, 4) is 5.75 Å². The summed E-state index contributed by atoms with van der Waals surface area (Å²) in [5.74, 6) is 1.12. The van der Waals surface area contributed by atoms with Gasteiger partial charge in [-0.25, -0.2) is 4.98 Å². The van der Waals surface area contributed by atoms with E-state index in [1.54, 1.807) is 11.8 Å². The zero-order valence-corrected chi connectivity index (χ0v) is 17.9. The maximum Gasteiger partial charge on any atom is 0.307 e. The quantitative estimate of drug-likeness (QED) is 0.522. The molecular formula is C22H28N2O4S. The number of esters is 1. The Kier molecular flexibility index (Phi) is 7.63. The summed E-state index contributed by atoms with van der Waals surface area (Å²) in [5, 5.41) is 2.75. The molecule has 0 atom stereocenters. The van der Waals surface area contributed by atoms with Crippen LogP contribution in [0.15, 0.2) is 29.6 Å². The summed E-state index contributed by atoms with van der Waals surface area (Å²) in [6, 6.07) is 7.89. The van der Waals surface area contributed by atoms with Crippen LogP contribution in [-0.4, -0.2) is 41.5 Å². The first-order chi connectivity index (χ1) is 14.0.